The first kappa shape index (κ1) is 30.1. The molecular weight excluding hydrogens is 624 g/mol. The van der Waals surface area contributed by atoms with Crippen molar-refractivity contribution in [2.75, 3.05) is 5.32 Å². The number of carbonyl (C=O) groups excluding carboxylic acids is 1. The molecule has 0 saturated carbocycles. The molecule has 1 amide bonds. The van der Waals surface area contributed by atoms with Crippen LogP contribution in [-0.2, 0) is 17.9 Å². The van der Waals surface area contributed by atoms with Crippen molar-refractivity contribution in [3.63, 3.8) is 0 Å². The zero-order valence-corrected chi connectivity index (χ0v) is 26.2. The van der Waals surface area contributed by atoms with Gasteiger partial charge in [-0.3, -0.25) is 9.36 Å². The maximum Gasteiger partial charge on any atom is 0.253 e. The molecule has 2 N–H and O–H groups in total. The number of hydrazone groups is 1. The molecule has 8 nitrogen and oxygen atoms in total. The van der Waals surface area contributed by atoms with Crippen LogP contribution in [0.15, 0.2) is 118 Å². The van der Waals surface area contributed by atoms with E-state index in [2.05, 4.69) is 61.0 Å². The lowest BCUT2D eigenvalue weighted by atomic mass is 10.2. The number of halogens is 1. The lowest BCUT2D eigenvalue weighted by molar-refractivity contribution is -0.120. The van der Waals surface area contributed by atoms with Gasteiger partial charge in [0.2, 0.25) is 0 Å². The molecule has 0 bridgehead atoms. The molecule has 1 heterocycles. The Kier molecular flexibility index (Phi) is 10.2. The van der Waals surface area contributed by atoms with Crippen molar-refractivity contribution in [2.45, 2.75) is 37.4 Å². The van der Waals surface area contributed by atoms with Gasteiger partial charge in [0.25, 0.3) is 5.91 Å². The van der Waals surface area contributed by atoms with Gasteiger partial charge in [0.05, 0.1) is 18.0 Å². The Hall–Kier alpha value is -4.41. The monoisotopic (exact) mass is 654 g/mol. The van der Waals surface area contributed by atoms with Crippen LogP contribution in [0.5, 0.6) is 5.75 Å². The molecule has 1 aromatic heterocycles. The van der Waals surface area contributed by atoms with Crippen LogP contribution in [0.2, 0.25) is 0 Å². The van der Waals surface area contributed by atoms with E-state index in [1.165, 1.54) is 17.3 Å². The number of para-hydroxylation sites is 2. The van der Waals surface area contributed by atoms with Crippen LogP contribution in [0.3, 0.4) is 0 Å². The molecular formula is C33H31BrN6O2S. The molecule has 5 rings (SSSR count). The Morgan fingerprint density at radius 1 is 1.00 bits per heavy atom. The van der Waals surface area contributed by atoms with E-state index in [1.54, 1.807) is 6.21 Å². The zero-order chi connectivity index (χ0) is 30.0. The highest BCUT2D eigenvalue weighted by Crippen LogP contribution is 2.26. The molecule has 10 heteroatoms. The van der Waals surface area contributed by atoms with Crippen LogP contribution in [0.4, 0.5) is 5.69 Å². The molecule has 1 atom stereocenters. The molecule has 0 aliphatic heterocycles. The van der Waals surface area contributed by atoms with E-state index in [4.69, 9.17) is 4.74 Å². The topological polar surface area (TPSA) is 93.4 Å². The third-order valence-corrected chi connectivity index (χ3v) is 7.99. The summed E-state index contributed by atoms with van der Waals surface area (Å²) >= 11 is 4.81. The molecule has 5 aromatic rings. The Morgan fingerprint density at radius 3 is 2.56 bits per heavy atom. The van der Waals surface area contributed by atoms with Crippen molar-refractivity contribution in [3.8, 4) is 11.4 Å². The van der Waals surface area contributed by atoms with Crippen molar-refractivity contribution in [2.24, 2.45) is 5.10 Å². The fraction of sp³-hybridized carbons (Fsp3) is 0.152. The number of rotatable bonds is 12. The zero-order valence-electron chi connectivity index (χ0n) is 23.8. The molecule has 0 aliphatic carbocycles. The maximum atomic E-state index is 13.0. The fourth-order valence-electron chi connectivity index (χ4n) is 4.15. The number of thioether (sulfide) groups is 1. The predicted octanol–water partition coefficient (Wildman–Crippen LogP) is 7.16. The maximum absolute atomic E-state index is 13.0. The Bertz CT molecular complexity index is 1690. The van der Waals surface area contributed by atoms with E-state index in [-0.39, 0.29) is 5.91 Å². The largest absolute Gasteiger partial charge is 0.488 e. The van der Waals surface area contributed by atoms with Crippen molar-refractivity contribution in [1.82, 2.24) is 20.2 Å². The molecule has 0 fully saturated rings. The van der Waals surface area contributed by atoms with Gasteiger partial charge in [-0.05, 0) is 67.9 Å². The SMILES string of the molecule is Cc1ccc(NCc2nnc(S[C@H](C)C(=O)NN=Cc3ccccc3OCc3cccc(Br)c3)n2-c2ccccc2)cc1. The number of nitrogens with one attached hydrogen (secondary N) is 2. The summed E-state index contributed by atoms with van der Waals surface area (Å²) in [6.07, 6.45) is 1.59. The standard InChI is InChI=1S/C33H31BrN6O2S/c1-23-15-17-28(18-16-23)35-21-31-37-39-33(40(31)29-12-4-3-5-13-29)43-24(2)32(41)38-36-20-26-10-6-7-14-30(26)42-22-25-9-8-11-27(34)19-25/h3-20,24,35H,21-22H2,1-2H3,(H,38,41)/t24-/m1/s1. The van der Waals surface area contributed by atoms with Crippen LogP contribution < -0.4 is 15.5 Å². The molecule has 0 aliphatic rings. The van der Waals surface area contributed by atoms with Gasteiger partial charge >= 0.3 is 0 Å². The summed E-state index contributed by atoms with van der Waals surface area (Å²) in [5, 5.41) is 16.6. The van der Waals surface area contributed by atoms with Crippen molar-refractivity contribution in [1.29, 1.82) is 0 Å². The summed E-state index contributed by atoms with van der Waals surface area (Å²) in [4.78, 5) is 13.0. The lowest BCUT2D eigenvalue weighted by Crippen LogP contribution is -2.27. The Morgan fingerprint density at radius 2 is 1.77 bits per heavy atom. The number of aryl methyl sites for hydroxylation is 1. The lowest BCUT2D eigenvalue weighted by Gasteiger charge is -2.13. The van der Waals surface area contributed by atoms with Gasteiger partial charge in [-0.25, -0.2) is 5.43 Å². The Balaban J connectivity index is 1.23. The fourth-order valence-corrected chi connectivity index (χ4v) is 5.48. The van der Waals surface area contributed by atoms with Gasteiger partial charge in [-0.1, -0.05) is 87.9 Å². The summed E-state index contributed by atoms with van der Waals surface area (Å²) < 4.78 is 8.99. The van der Waals surface area contributed by atoms with Crippen LogP contribution in [0.25, 0.3) is 5.69 Å². The normalized spacial score (nSPS) is 11.8. The first-order chi connectivity index (χ1) is 21.0. The molecule has 0 spiro atoms. The summed E-state index contributed by atoms with van der Waals surface area (Å²) in [5.41, 5.74) is 7.56. The second kappa shape index (κ2) is 14.7. The van der Waals surface area contributed by atoms with Gasteiger partial charge in [-0.15, -0.1) is 10.2 Å². The minimum Gasteiger partial charge on any atom is -0.488 e. The van der Waals surface area contributed by atoms with Crippen LogP contribution in [0, 0.1) is 6.92 Å². The molecule has 0 saturated heterocycles. The summed E-state index contributed by atoms with van der Waals surface area (Å²) in [6, 6.07) is 33.6. The summed E-state index contributed by atoms with van der Waals surface area (Å²) in [7, 11) is 0. The predicted molar refractivity (Wildman–Crippen MR) is 176 cm³/mol. The molecule has 0 unspecified atom stereocenters. The number of amides is 1. The smallest absolute Gasteiger partial charge is 0.253 e. The molecule has 43 heavy (non-hydrogen) atoms. The number of benzene rings is 4. The first-order valence-corrected chi connectivity index (χ1v) is 15.4. The average Bonchev–Trinajstić information content (AvgIpc) is 3.42. The van der Waals surface area contributed by atoms with Gasteiger partial charge in [0.1, 0.15) is 12.4 Å². The van der Waals surface area contributed by atoms with E-state index < -0.39 is 5.25 Å². The molecule has 0 radical (unpaired) electrons. The third-order valence-electron chi connectivity index (χ3n) is 6.45. The van der Waals surface area contributed by atoms with E-state index >= 15 is 0 Å². The van der Waals surface area contributed by atoms with Gasteiger partial charge in [-0.2, -0.15) is 5.10 Å². The van der Waals surface area contributed by atoms with E-state index in [1.807, 2.05) is 102 Å². The van der Waals surface area contributed by atoms with Gasteiger partial charge < -0.3 is 10.1 Å². The highest BCUT2D eigenvalue weighted by molar-refractivity contribution is 9.10. The van der Waals surface area contributed by atoms with Crippen molar-refractivity contribution >= 4 is 45.5 Å². The number of nitrogens with zero attached hydrogens (tertiary/aromatic N) is 4. The Labute approximate surface area is 263 Å². The van der Waals surface area contributed by atoms with Crippen LogP contribution >= 0.6 is 27.7 Å². The minimum absolute atomic E-state index is 0.254. The van der Waals surface area contributed by atoms with E-state index in [0.717, 1.165) is 32.8 Å². The number of hydrogen-bond acceptors (Lipinski definition) is 7. The van der Waals surface area contributed by atoms with E-state index in [9.17, 15) is 4.79 Å². The minimum atomic E-state index is -0.482. The second-order valence-corrected chi connectivity index (χ2v) is 12.0. The number of carbonyl (C=O) groups is 1. The van der Waals surface area contributed by atoms with E-state index in [0.29, 0.717) is 24.1 Å². The van der Waals surface area contributed by atoms with Crippen molar-refractivity contribution < 1.29 is 9.53 Å². The first-order valence-electron chi connectivity index (χ1n) is 13.7. The molecule has 218 valence electrons. The van der Waals surface area contributed by atoms with Crippen molar-refractivity contribution in [3.05, 3.63) is 130 Å². The number of ether oxygens (including phenoxy) is 1. The average molecular weight is 656 g/mol. The second-order valence-electron chi connectivity index (χ2n) is 9.74. The van der Waals surface area contributed by atoms with Gasteiger partial charge in [0, 0.05) is 21.4 Å². The summed E-state index contributed by atoms with van der Waals surface area (Å²) in [6.45, 7) is 4.76. The number of aromatic nitrogens is 3. The van der Waals surface area contributed by atoms with Crippen LogP contribution in [0.1, 0.15) is 29.4 Å². The summed E-state index contributed by atoms with van der Waals surface area (Å²) in [5.74, 6) is 1.15. The highest BCUT2D eigenvalue weighted by Gasteiger charge is 2.21. The number of hydrogen-bond donors (Lipinski definition) is 2. The van der Waals surface area contributed by atoms with Crippen LogP contribution in [-0.4, -0.2) is 32.1 Å². The quantitative estimate of drug-likeness (QED) is 0.0842. The highest BCUT2D eigenvalue weighted by atomic mass is 79.9. The number of anilines is 1. The third kappa shape index (κ3) is 8.33. The molecule has 4 aromatic carbocycles. The van der Waals surface area contributed by atoms with Gasteiger partial charge in [0.15, 0.2) is 11.0 Å².